The number of fused-ring (bicyclic) bond motifs is 2. The van der Waals surface area contributed by atoms with E-state index in [0.29, 0.717) is 24.7 Å². The summed E-state index contributed by atoms with van der Waals surface area (Å²) in [7, 11) is 0. The molecule has 2 atom stereocenters. The summed E-state index contributed by atoms with van der Waals surface area (Å²) < 4.78 is 0. The Labute approximate surface area is 157 Å². The van der Waals surface area contributed by atoms with Crippen molar-refractivity contribution in [3.05, 3.63) is 23.3 Å². The predicted molar refractivity (Wildman–Crippen MR) is 102 cm³/mol. The quantitative estimate of drug-likeness (QED) is 0.724. The lowest BCUT2D eigenvalue weighted by Crippen LogP contribution is -2.42. The zero-order valence-electron chi connectivity index (χ0n) is 15.9. The predicted octanol–water partition coefficient (Wildman–Crippen LogP) is 3.68. The molecule has 4 aliphatic rings. The molecule has 0 aromatic rings. The van der Waals surface area contributed by atoms with Gasteiger partial charge in [0.15, 0.2) is 0 Å². The number of hydrogen-bond donors (Lipinski definition) is 0. The van der Waals surface area contributed by atoms with Crippen LogP contribution in [0.15, 0.2) is 23.3 Å². The van der Waals surface area contributed by atoms with Crippen molar-refractivity contribution in [2.75, 3.05) is 26.2 Å². The summed E-state index contributed by atoms with van der Waals surface area (Å²) in [5, 5.41) is 0. The summed E-state index contributed by atoms with van der Waals surface area (Å²) in [6, 6.07) is 0. The maximum atomic E-state index is 12.6. The molecule has 2 saturated heterocycles. The molecule has 26 heavy (non-hydrogen) atoms. The Morgan fingerprint density at radius 3 is 1.69 bits per heavy atom. The summed E-state index contributed by atoms with van der Waals surface area (Å²) in [5.41, 5.74) is 2.93. The molecule has 2 heterocycles. The number of nitrogens with zero attached hydrogens (tertiary/aromatic N) is 2. The van der Waals surface area contributed by atoms with Gasteiger partial charge in [0.1, 0.15) is 0 Å². The van der Waals surface area contributed by atoms with Crippen molar-refractivity contribution in [1.29, 1.82) is 0 Å². The molecule has 0 aromatic heterocycles. The maximum Gasteiger partial charge on any atom is 0.223 e. The standard InChI is InChI=1S/C22H32N2O2/c25-21(23-13-11-17-5-1-3-7-19(17)15-23)9-10-22(26)24-14-12-18-6-2-4-8-20(18)16-24/h7-8,17-18H,1-6,9-16H2. The van der Waals surface area contributed by atoms with Gasteiger partial charge in [-0.25, -0.2) is 0 Å². The van der Waals surface area contributed by atoms with E-state index in [1.807, 2.05) is 9.80 Å². The molecule has 142 valence electrons. The van der Waals surface area contributed by atoms with Crippen LogP contribution in [-0.2, 0) is 9.59 Å². The third-order valence-corrected chi connectivity index (χ3v) is 6.88. The highest BCUT2D eigenvalue weighted by molar-refractivity contribution is 5.84. The van der Waals surface area contributed by atoms with Crippen LogP contribution in [-0.4, -0.2) is 47.8 Å². The monoisotopic (exact) mass is 356 g/mol. The molecule has 0 spiro atoms. The molecule has 2 unspecified atom stereocenters. The molecule has 2 amide bonds. The molecule has 2 aliphatic heterocycles. The molecule has 4 rings (SSSR count). The van der Waals surface area contributed by atoms with Crippen molar-refractivity contribution >= 4 is 11.8 Å². The normalized spacial score (nSPS) is 28.6. The molecule has 2 fully saturated rings. The second-order valence-corrected chi connectivity index (χ2v) is 8.52. The van der Waals surface area contributed by atoms with Gasteiger partial charge in [-0.3, -0.25) is 9.59 Å². The minimum Gasteiger partial charge on any atom is -0.339 e. The van der Waals surface area contributed by atoms with Crippen molar-refractivity contribution in [1.82, 2.24) is 9.80 Å². The number of allylic oxidation sites excluding steroid dienone is 2. The summed E-state index contributed by atoms with van der Waals surface area (Å²) >= 11 is 0. The molecule has 0 bridgehead atoms. The molecule has 0 N–H and O–H groups in total. The van der Waals surface area contributed by atoms with E-state index >= 15 is 0 Å². The molecular formula is C22H32N2O2. The van der Waals surface area contributed by atoms with Crippen LogP contribution in [0.2, 0.25) is 0 Å². The Kier molecular flexibility index (Phi) is 5.46. The summed E-state index contributed by atoms with van der Waals surface area (Å²) in [4.78, 5) is 29.2. The maximum absolute atomic E-state index is 12.6. The zero-order chi connectivity index (χ0) is 17.9. The fourth-order valence-electron chi connectivity index (χ4n) is 5.23. The SMILES string of the molecule is O=C(CCC(=O)N1CCC2CCCC=C2C1)N1CCC2CCCC=C2C1. The number of piperidine rings is 2. The lowest BCUT2D eigenvalue weighted by molar-refractivity contribution is -0.137. The highest BCUT2D eigenvalue weighted by Gasteiger charge is 2.30. The molecule has 0 saturated carbocycles. The van der Waals surface area contributed by atoms with Crippen molar-refractivity contribution < 1.29 is 9.59 Å². The van der Waals surface area contributed by atoms with Gasteiger partial charge in [-0.1, -0.05) is 23.3 Å². The topological polar surface area (TPSA) is 40.6 Å². The van der Waals surface area contributed by atoms with Crippen LogP contribution in [0.1, 0.15) is 64.2 Å². The van der Waals surface area contributed by atoms with E-state index in [1.165, 1.54) is 36.8 Å². The Bertz CT molecular complexity index is 568. The van der Waals surface area contributed by atoms with Crippen molar-refractivity contribution in [3.63, 3.8) is 0 Å². The van der Waals surface area contributed by atoms with Crippen LogP contribution >= 0.6 is 0 Å². The average Bonchev–Trinajstić information content (AvgIpc) is 2.71. The van der Waals surface area contributed by atoms with E-state index in [-0.39, 0.29) is 11.8 Å². The van der Waals surface area contributed by atoms with Gasteiger partial charge in [0.05, 0.1) is 0 Å². The third-order valence-electron chi connectivity index (χ3n) is 6.88. The second kappa shape index (κ2) is 7.98. The molecule has 4 nitrogen and oxygen atoms in total. The van der Waals surface area contributed by atoms with Gasteiger partial charge in [-0.2, -0.15) is 0 Å². The van der Waals surface area contributed by atoms with Crippen LogP contribution in [0.3, 0.4) is 0 Å². The van der Waals surface area contributed by atoms with Gasteiger partial charge >= 0.3 is 0 Å². The first-order valence-corrected chi connectivity index (χ1v) is 10.6. The van der Waals surface area contributed by atoms with Crippen molar-refractivity contribution in [2.45, 2.75) is 64.2 Å². The van der Waals surface area contributed by atoms with E-state index in [1.54, 1.807) is 0 Å². The Balaban J connectivity index is 1.26. The summed E-state index contributed by atoms with van der Waals surface area (Å²) in [6.45, 7) is 3.34. The van der Waals surface area contributed by atoms with E-state index in [2.05, 4.69) is 12.2 Å². The van der Waals surface area contributed by atoms with E-state index in [9.17, 15) is 9.59 Å². The lowest BCUT2D eigenvalue weighted by atomic mass is 9.82. The van der Waals surface area contributed by atoms with Gasteiger partial charge in [-0.15, -0.1) is 0 Å². The smallest absolute Gasteiger partial charge is 0.223 e. The van der Waals surface area contributed by atoms with Crippen LogP contribution in [0.4, 0.5) is 0 Å². The number of likely N-dealkylation sites (tertiary alicyclic amines) is 2. The highest BCUT2D eigenvalue weighted by Crippen LogP contribution is 2.33. The first-order chi connectivity index (χ1) is 12.7. The lowest BCUT2D eigenvalue weighted by Gasteiger charge is -2.37. The molecule has 4 heteroatoms. The fourth-order valence-corrected chi connectivity index (χ4v) is 5.23. The third kappa shape index (κ3) is 3.89. The van der Waals surface area contributed by atoms with Crippen LogP contribution in [0.25, 0.3) is 0 Å². The first-order valence-electron chi connectivity index (χ1n) is 10.6. The van der Waals surface area contributed by atoms with Crippen molar-refractivity contribution in [3.8, 4) is 0 Å². The highest BCUT2D eigenvalue weighted by atomic mass is 16.2. The average molecular weight is 357 g/mol. The molecule has 0 aromatic carbocycles. The van der Waals surface area contributed by atoms with E-state index in [0.717, 1.165) is 51.9 Å². The zero-order valence-corrected chi connectivity index (χ0v) is 15.9. The second-order valence-electron chi connectivity index (χ2n) is 8.52. The molecule has 2 aliphatic carbocycles. The summed E-state index contributed by atoms with van der Waals surface area (Å²) in [5.74, 6) is 1.74. The Morgan fingerprint density at radius 1 is 0.769 bits per heavy atom. The largest absolute Gasteiger partial charge is 0.339 e. The van der Waals surface area contributed by atoms with Crippen LogP contribution in [0.5, 0.6) is 0 Å². The van der Waals surface area contributed by atoms with Gasteiger partial charge < -0.3 is 9.80 Å². The number of amides is 2. The van der Waals surface area contributed by atoms with Gasteiger partial charge in [-0.05, 0) is 63.2 Å². The van der Waals surface area contributed by atoms with Crippen LogP contribution in [0, 0.1) is 11.8 Å². The number of carbonyl (C=O) groups is 2. The minimum atomic E-state index is 0.162. The Hall–Kier alpha value is -1.58. The molecule has 0 radical (unpaired) electrons. The van der Waals surface area contributed by atoms with E-state index in [4.69, 9.17) is 0 Å². The van der Waals surface area contributed by atoms with Crippen LogP contribution < -0.4 is 0 Å². The summed E-state index contributed by atoms with van der Waals surface area (Å²) in [6.07, 6.45) is 15.1. The number of carbonyl (C=O) groups excluding carboxylic acids is 2. The number of hydrogen-bond acceptors (Lipinski definition) is 2. The number of rotatable bonds is 3. The Morgan fingerprint density at radius 2 is 1.23 bits per heavy atom. The van der Waals surface area contributed by atoms with Gasteiger partial charge in [0, 0.05) is 39.0 Å². The first kappa shape index (κ1) is 17.8. The fraction of sp³-hybridized carbons (Fsp3) is 0.727. The van der Waals surface area contributed by atoms with Gasteiger partial charge in [0.2, 0.25) is 11.8 Å². The minimum absolute atomic E-state index is 0.162. The van der Waals surface area contributed by atoms with E-state index < -0.39 is 0 Å². The molecular weight excluding hydrogens is 324 g/mol. The van der Waals surface area contributed by atoms with Crippen molar-refractivity contribution in [2.24, 2.45) is 11.8 Å². The van der Waals surface area contributed by atoms with Gasteiger partial charge in [0.25, 0.3) is 0 Å².